The predicted octanol–water partition coefficient (Wildman–Crippen LogP) is 7.09. The SMILES string of the molecule is CCCCCCCCC(CCC(F)(F)C(F)(F)F)C(OCC)(OCC)OCC. The third kappa shape index (κ3) is 9.35. The largest absolute Gasteiger partial charge is 0.453 e. The summed E-state index contributed by atoms with van der Waals surface area (Å²) in [7, 11) is 0. The van der Waals surface area contributed by atoms with Crippen molar-refractivity contribution in [2.75, 3.05) is 19.8 Å². The molecule has 8 heteroatoms. The number of hydrogen-bond acceptors (Lipinski definition) is 3. The van der Waals surface area contributed by atoms with Crippen LogP contribution in [0.15, 0.2) is 0 Å². The highest BCUT2D eigenvalue weighted by molar-refractivity contribution is 4.80. The van der Waals surface area contributed by atoms with Crippen molar-refractivity contribution in [3.05, 3.63) is 0 Å². The van der Waals surface area contributed by atoms with E-state index in [9.17, 15) is 22.0 Å². The van der Waals surface area contributed by atoms with Crippen LogP contribution in [0.2, 0.25) is 0 Å². The van der Waals surface area contributed by atoms with E-state index in [0.29, 0.717) is 12.8 Å². The third-order valence-electron chi connectivity index (χ3n) is 4.66. The summed E-state index contributed by atoms with van der Waals surface area (Å²) in [5, 5.41) is 0. The van der Waals surface area contributed by atoms with E-state index in [2.05, 4.69) is 6.92 Å². The average molecular weight is 421 g/mol. The zero-order chi connectivity index (χ0) is 21.7. The van der Waals surface area contributed by atoms with Crippen LogP contribution in [0, 0.1) is 5.92 Å². The lowest BCUT2D eigenvalue weighted by atomic mass is 9.91. The first-order valence-electron chi connectivity index (χ1n) is 10.5. The summed E-state index contributed by atoms with van der Waals surface area (Å²) in [5.74, 6) is -7.06. The zero-order valence-corrected chi connectivity index (χ0v) is 17.7. The fraction of sp³-hybridized carbons (Fsp3) is 1.00. The van der Waals surface area contributed by atoms with Crippen LogP contribution in [0.3, 0.4) is 0 Å². The van der Waals surface area contributed by atoms with Crippen molar-refractivity contribution in [1.82, 2.24) is 0 Å². The van der Waals surface area contributed by atoms with E-state index >= 15 is 0 Å². The molecule has 0 aromatic heterocycles. The van der Waals surface area contributed by atoms with Gasteiger partial charge in [0.2, 0.25) is 0 Å². The van der Waals surface area contributed by atoms with Gasteiger partial charge in [0.25, 0.3) is 5.97 Å². The Bertz CT molecular complexity index is 372. The molecule has 0 spiro atoms. The summed E-state index contributed by atoms with van der Waals surface area (Å²) < 4.78 is 81.8. The van der Waals surface area contributed by atoms with Crippen LogP contribution in [0.5, 0.6) is 0 Å². The Morgan fingerprint density at radius 3 is 1.54 bits per heavy atom. The first-order chi connectivity index (χ1) is 13.1. The molecule has 0 amide bonds. The number of halogens is 5. The van der Waals surface area contributed by atoms with Gasteiger partial charge in [0.15, 0.2) is 0 Å². The van der Waals surface area contributed by atoms with E-state index in [-0.39, 0.29) is 19.8 Å². The smallest absolute Gasteiger partial charge is 0.328 e. The fourth-order valence-electron chi connectivity index (χ4n) is 3.25. The van der Waals surface area contributed by atoms with Crippen molar-refractivity contribution in [3.63, 3.8) is 0 Å². The van der Waals surface area contributed by atoms with Gasteiger partial charge in [0.05, 0.1) is 0 Å². The van der Waals surface area contributed by atoms with Crippen LogP contribution in [-0.2, 0) is 14.2 Å². The van der Waals surface area contributed by atoms with Gasteiger partial charge >= 0.3 is 12.1 Å². The van der Waals surface area contributed by atoms with Crippen molar-refractivity contribution >= 4 is 0 Å². The standard InChI is InChI=1S/C20H37F5O3/c1-5-9-10-11-12-13-14-17(15-16-18(21,22)20(23,24)25)19(26-6-2,27-7-3)28-8-4/h17H,5-16H2,1-4H3. The fourth-order valence-corrected chi connectivity index (χ4v) is 3.25. The summed E-state index contributed by atoms with van der Waals surface area (Å²) in [4.78, 5) is 0. The Morgan fingerprint density at radius 1 is 0.643 bits per heavy atom. The maximum atomic E-state index is 13.5. The van der Waals surface area contributed by atoms with Crippen LogP contribution in [0.1, 0.15) is 85.5 Å². The van der Waals surface area contributed by atoms with Gasteiger partial charge in [-0.25, -0.2) is 0 Å². The van der Waals surface area contributed by atoms with Crippen molar-refractivity contribution in [2.45, 2.75) is 104 Å². The topological polar surface area (TPSA) is 27.7 Å². The van der Waals surface area contributed by atoms with Gasteiger partial charge in [0.1, 0.15) is 0 Å². The summed E-state index contributed by atoms with van der Waals surface area (Å²) in [6, 6.07) is 0. The van der Waals surface area contributed by atoms with Gasteiger partial charge in [0, 0.05) is 32.2 Å². The molecule has 0 radical (unpaired) electrons. The molecule has 0 rings (SSSR count). The number of hydrogen-bond donors (Lipinski definition) is 0. The van der Waals surface area contributed by atoms with Crippen molar-refractivity contribution in [1.29, 1.82) is 0 Å². The van der Waals surface area contributed by atoms with E-state index in [1.807, 2.05) is 0 Å². The number of ether oxygens (including phenoxy) is 3. The molecule has 3 nitrogen and oxygen atoms in total. The number of unbranched alkanes of at least 4 members (excludes halogenated alkanes) is 5. The number of rotatable bonds is 17. The molecule has 1 atom stereocenters. The van der Waals surface area contributed by atoms with Gasteiger partial charge in [-0.1, -0.05) is 45.4 Å². The maximum absolute atomic E-state index is 13.5. The van der Waals surface area contributed by atoms with E-state index < -0.39 is 36.8 Å². The first kappa shape index (κ1) is 27.5. The van der Waals surface area contributed by atoms with E-state index in [1.54, 1.807) is 20.8 Å². The highest BCUT2D eigenvalue weighted by Crippen LogP contribution is 2.42. The zero-order valence-electron chi connectivity index (χ0n) is 17.7. The van der Waals surface area contributed by atoms with Crippen LogP contribution in [-0.4, -0.2) is 37.9 Å². The van der Waals surface area contributed by atoms with E-state index in [0.717, 1.165) is 32.1 Å². The predicted molar refractivity (Wildman–Crippen MR) is 99.3 cm³/mol. The van der Waals surface area contributed by atoms with Crippen LogP contribution in [0.25, 0.3) is 0 Å². The molecule has 0 fully saturated rings. The van der Waals surface area contributed by atoms with E-state index in [4.69, 9.17) is 14.2 Å². The molecular formula is C20H37F5O3. The quantitative estimate of drug-likeness (QED) is 0.143. The van der Waals surface area contributed by atoms with Crippen molar-refractivity contribution < 1.29 is 36.2 Å². The van der Waals surface area contributed by atoms with Crippen LogP contribution in [0.4, 0.5) is 22.0 Å². The monoisotopic (exact) mass is 420 g/mol. The summed E-state index contributed by atoms with van der Waals surface area (Å²) in [6.45, 7) is 7.82. The molecule has 0 aliphatic heterocycles. The minimum Gasteiger partial charge on any atom is -0.328 e. The minimum absolute atomic E-state index is 0.197. The lowest BCUT2D eigenvalue weighted by molar-refractivity contribution is -0.404. The molecule has 0 heterocycles. The molecule has 0 saturated carbocycles. The van der Waals surface area contributed by atoms with Crippen molar-refractivity contribution in [2.24, 2.45) is 5.92 Å². The third-order valence-corrected chi connectivity index (χ3v) is 4.66. The molecule has 1 unspecified atom stereocenters. The lowest BCUT2D eigenvalue weighted by Gasteiger charge is -2.39. The second kappa shape index (κ2) is 13.7. The Morgan fingerprint density at radius 2 is 1.11 bits per heavy atom. The van der Waals surface area contributed by atoms with Gasteiger partial charge in [-0.3, -0.25) is 0 Å². The summed E-state index contributed by atoms with van der Waals surface area (Å²) in [5.41, 5.74) is 0. The van der Waals surface area contributed by atoms with Gasteiger partial charge < -0.3 is 14.2 Å². The van der Waals surface area contributed by atoms with E-state index in [1.165, 1.54) is 0 Å². The van der Waals surface area contributed by atoms with Gasteiger partial charge in [-0.15, -0.1) is 0 Å². The van der Waals surface area contributed by atoms with Crippen LogP contribution >= 0.6 is 0 Å². The Labute approximate surface area is 166 Å². The van der Waals surface area contributed by atoms with Gasteiger partial charge in [-0.05, 0) is 33.6 Å². The molecule has 0 bridgehead atoms. The Hall–Kier alpha value is -0.470. The second-order valence-corrected chi connectivity index (χ2v) is 6.90. The lowest BCUT2D eigenvalue weighted by Crippen LogP contribution is -2.48. The van der Waals surface area contributed by atoms with Gasteiger partial charge in [-0.2, -0.15) is 22.0 Å². The second-order valence-electron chi connectivity index (χ2n) is 6.90. The van der Waals surface area contributed by atoms with Crippen LogP contribution < -0.4 is 0 Å². The average Bonchev–Trinajstić information content (AvgIpc) is 2.60. The highest BCUT2D eigenvalue weighted by atomic mass is 19.4. The molecule has 0 N–H and O–H groups in total. The molecule has 28 heavy (non-hydrogen) atoms. The normalized spacial score (nSPS) is 14.5. The molecule has 0 aromatic rings. The minimum atomic E-state index is -5.57. The molecule has 0 aromatic carbocycles. The molecule has 0 aliphatic carbocycles. The Balaban J connectivity index is 5.25. The Kier molecular flexibility index (Phi) is 13.5. The molecule has 0 aliphatic rings. The summed E-state index contributed by atoms with van der Waals surface area (Å²) >= 11 is 0. The maximum Gasteiger partial charge on any atom is 0.453 e. The van der Waals surface area contributed by atoms with Crippen molar-refractivity contribution in [3.8, 4) is 0 Å². The summed E-state index contributed by atoms with van der Waals surface area (Å²) in [6.07, 6.45) is -0.978. The number of alkyl halides is 5. The highest BCUT2D eigenvalue weighted by Gasteiger charge is 2.57. The first-order valence-corrected chi connectivity index (χ1v) is 10.5. The molecule has 0 saturated heterocycles. The molecule has 170 valence electrons. The molecular weight excluding hydrogens is 383 g/mol.